The zero-order valence-electron chi connectivity index (χ0n) is 17.0. The Hall–Kier alpha value is -3.20. The number of rotatable bonds is 2. The summed E-state index contributed by atoms with van der Waals surface area (Å²) in [4.78, 5) is 23.1. The normalized spacial score (nSPS) is 15.0. The summed E-state index contributed by atoms with van der Waals surface area (Å²) in [5.74, 6) is 0.690. The van der Waals surface area contributed by atoms with Gasteiger partial charge in [-0.2, -0.15) is 9.61 Å². The second kappa shape index (κ2) is 7.81. The largest absolute Gasteiger partial charge is 0.453 e. The van der Waals surface area contributed by atoms with Crippen molar-refractivity contribution < 1.29 is 9.53 Å². The Morgan fingerprint density at radius 1 is 1.23 bits per heavy atom. The Balaban J connectivity index is 1.55. The van der Waals surface area contributed by atoms with Crippen LogP contribution in [0.5, 0.6) is 0 Å². The van der Waals surface area contributed by atoms with Crippen molar-refractivity contribution in [1.82, 2.24) is 24.5 Å². The van der Waals surface area contributed by atoms with Crippen LogP contribution in [0.25, 0.3) is 27.7 Å². The average molecular weight is 481 g/mol. The number of likely N-dealkylation sites (tertiary alicyclic amines) is 1. The van der Waals surface area contributed by atoms with Gasteiger partial charge in [0.15, 0.2) is 5.65 Å². The highest BCUT2D eigenvalue weighted by molar-refractivity contribution is 9.10. The summed E-state index contributed by atoms with van der Waals surface area (Å²) < 4.78 is 7.25. The van der Waals surface area contributed by atoms with E-state index in [0.29, 0.717) is 24.6 Å². The van der Waals surface area contributed by atoms with Crippen molar-refractivity contribution in [3.8, 4) is 11.1 Å². The van der Waals surface area contributed by atoms with Gasteiger partial charge in [-0.3, -0.25) is 4.98 Å². The zero-order chi connectivity index (χ0) is 21.5. The lowest BCUT2D eigenvalue weighted by atomic mass is 9.93. The number of hydrogen-bond acceptors (Lipinski definition) is 6. The number of ether oxygens (including phenoxy) is 1. The van der Waals surface area contributed by atoms with E-state index in [1.54, 1.807) is 15.6 Å². The van der Waals surface area contributed by atoms with E-state index in [9.17, 15) is 4.79 Å². The third-order valence-electron chi connectivity index (χ3n) is 5.86. The molecule has 3 aromatic heterocycles. The van der Waals surface area contributed by atoms with Crippen molar-refractivity contribution in [3.05, 3.63) is 52.9 Å². The SMILES string of the molecule is COC(=O)N1CCC(c2nc3c(-c4cnc5ccccc5c4)cnn3c(N)c2Br)CC1. The van der Waals surface area contributed by atoms with E-state index in [-0.39, 0.29) is 12.0 Å². The van der Waals surface area contributed by atoms with Crippen LogP contribution in [0.15, 0.2) is 47.2 Å². The van der Waals surface area contributed by atoms with E-state index in [2.05, 4.69) is 32.1 Å². The first-order valence-corrected chi connectivity index (χ1v) is 10.9. The number of carbonyl (C=O) groups is 1. The summed E-state index contributed by atoms with van der Waals surface area (Å²) in [7, 11) is 1.41. The topological polar surface area (TPSA) is 98.6 Å². The first-order chi connectivity index (χ1) is 15.1. The van der Waals surface area contributed by atoms with Gasteiger partial charge in [0.25, 0.3) is 0 Å². The average Bonchev–Trinajstić information content (AvgIpc) is 3.25. The molecule has 0 atom stereocenters. The smallest absolute Gasteiger partial charge is 0.409 e. The van der Waals surface area contributed by atoms with Crippen molar-refractivity contribution >= 4 is 44.4 Å². The third-order valence-corrected chi connectivity index (χ3v) is 6.68. The Labute approximate surface area is 187 Å². The number of nitrogens with two attached hydrogens (primary N) is 1. The van der Waals surface area contributed by atoms with E-state index in [4.69, 9.17) is 15.5 Å². The van der Waals surface area contributed by atoms with Crippen molar-refractivity contribution in [3.63, 3.8) is 0 Å². The van der Waals surface area contributed by atoms with Gasteiger partial charge in [0.1, 0.15) is 5.82 Å². The lowest BCUT2D eigenvalue weighted by Gasteiger charge is -2.31. The van der Waals surface area contributed by atoms with Gasteiger partial charge < -0.3 is 15.4 Å². The molecule has 158 valence electrons. The third kappa shape index (κ3) is 3.38. The van der Waals surface area contributed by atoms with E-state index in [0.717, 1.165) is 45.0 Å². The van der Waals surface area contributed by atoms with Crippen molar-refractivity contribution in [2.45, 2.75) is 18.8 Å². The highest BCUT2D eigenvalue weighted by Crippen LogP contribution is 2.37. The summed E-state index contributed by atoms with van der Waals surface area (Å²) in [5, 5.41) is 5.53. The molecule has 1 saturated heterocycles. The summed E-state index contributed by atoms with van der Waals surface area (Å²) in [6, 6.07) is 10.1. The van der Waals surface area contributed by atoms with Crippen LogP contribution >= 0.6 is 15.9 Å². The Kier molecular flexibility index (Phi) is 4.97. The van der Waals surface area contributed by atoms with Gasteiger partial charge in [-0.25, -0.2) is 9.78 Å². The number of halogens is 1. The minimum Gasteiger partial charge on any atom is -0.453 e. The number of amides is 1. The summed E-state index contributed by atoms with van der Waals surface area (Å²) in [6.45, 7) is 1.24. The second-order valence-electron chi connectivity index (χ2n) is 7.64. The maximum atomic E-state index is 11.8. The minimum atomic E-state index is -0.290. The molecule has 2 N–H and O–H groups in total. The Morgan fingerprint density at radius 2 is 2.00 bits per heavy atom. The number of pyridine rings is 1. The van der Waals surface area contributed by atoms with Gasteiger partial charge in [-0.1, -0.05) is 18.2 Å². The lowest BCUT2D eigenvalue weighted by molar-refractivity contribution is 0.112. The number of anilines is 1. The standard InChI is InChI=1S/C22H21BrN6O2/c1-31-22(30)28-8-6-13(7-9-28)19-18(23)20(24)29-21(27-19)16(12-26-29)15-10-14-4-2-3-5-17(14)25-11-15/h2-5,10-13H,6-9,24H2,1H3. The van der Waals surface area contributed by atoms with Gasteiger partial charge in [0.05, 0.1) is 29.0 Å². The Bertz CT molecular complexity index is 1300. The molecule has 1 aromatic carbocycles. The fourth-order valence-electron chi connectivity index (χ4n) is 4.17. The van der Waals surface area contributed by atoms with Gasteiger partial charge in [-0.05, 0) is 40.9 Å². The van der Waals surface area contributed by atoms with Gasteiger partial charge in [0.2, 0.25) is 0 Å². The maximum Gasteiger partial charge on any atom is 0.409 e. The van der Waals surface area contributed by atoms with Crippen molar-refractivity contribution in [1.29, 1.82) is 0 Å². The molecule has 8 nitrogen and oxygen atoms in total. The highest BCUT2D eigenvalue weighted by Gasteiger charge is 2.28. The van der Waals surface area contributed by atoms with Crippen LogP contribution in [0.1, 0.15) is 24.5 Å². The monoisotopic (exact) mass is 480 g/mol. The van der Waals surface area contributed by atoms with Crippen LogP contribution in [0.3, 0.4) is 0 Å². The number of piperidine rings is 1. The maximum absolute atomic E-state index is 11.8. The molecule has 0 spiro atoms. The predicted octanol–water partition coefficient (Wildman–Crippen LogP) is 4.24. The molecule has 1 fully saturated rings. The van der Waals surface area contributed by atoms with Crippen molar-refractivity contribution in [2.24, 2.45) is 0 Å². The number of hydrogen-bond donors (Lipinski definition) is 1. The zero-order valence-corrected chi connectivity index (χ0v) is 18.5. The van der Waals surface area contributed by atoms with Crippen molar-refractivity contribution in [2.75, 3.05) is 25.9 Å². The fraction of sp³-hybridized carbons (Fsp3) is 0.273. The van der Waals surface area contributed by atoms with Crippen LogP contribution in [0.2, 0.25) is 0 Å². The number of nitrogen functional groups attached to an aromatic ring is 1. The predicted molar refractivity (Wildman–Crippen MR) is 122 cm³/mol. The van der Waals surface area contributed by atoms with Crippen LogP contribution < -0.4 is 5.73 Å². The van der Waals surface area contributed by atoms with Crippen LogP contribution in [-0.2, 0) is 4.74 Å². The molecule has 0 bridgehead atoms. The van der Waals surface area contributed by atoms with E-state index in [1.807, 2.05) is 30.5 Å². The number of nitrogens with zero attached hydrogens (tertiary/aromatic N) is 5. The molecular formula is C22H21BrN6O2. The number of benzene rings is 1. The number of para-hydroxylation sites is 1. The molecule has 0 unspecified atom stereocenters. The second-order valence-corrected chi connectivity index (χ2v) is 8.43. The number of fused-ring (bicyclic) bond motifs is 2. The molecule has 4 aromatic rings. The molecule has 1 amide bonds. The summed E-state index contributed by atoms with van der Waals surface area (Å²) in [6.07, 6.45) is 4.91. The Morgan fingerprint density at radius 3 is 2.77 bits per heavy atom. The van der Waals surface area contributed by atoms with Gasteiger partial charge in [0, 0.05) is 41.7 Å². The van der Waals surface area contributed by atoms with Gasteiger partial charge >= 0.3 is 6.09 Å². The van der Waals surface area contributed by atoms with E-state index >= 15 is 0 Å². The highest BCUT2D eigenvalue weighted by atomic mass is 79.9. The number of methoxy groups -OCH3 is 1. The first kappa shape index (κ1) is 19.7. The minimum absolute atomic E-state index is 0.181. The quantitative estimate of drug-likeness (QED) is 0.460. The number of aromatic nitrogens is 4. The molecule has 0 aliphatic carbocycles. The fourth-order valence-corrected chi connectivity index (χ4v) is 4.75. The molecule has 31 heavy (non-hydrogen) atoms. The number of carbonyl (C=O) groups excluding carboxylic acids is 1. The molecule has 0 saturated carbocycles. The van der Waals surface area contributed by atoms with Crippen LogP contribution in [-0.4, -0.2) is 50.8 Å². The van der Waals surface area contributed by atoms with Crippen LogP contribution in [0, 0.1) is 0 Å². The van der Waals surface area contributed by atoms with E-state index < -0.39 is 0 Å². The summed E-state index contributed by atoms with van der Waals surface area (Å²) in [5.41, 5.74) is 10.8. The lowest BCUT2D eigenvalue weighted by Crippen LogP contribution is -2.38. The molecule has 5 rings (SSSR count). The molecule has 4 heterocycles. The van der Waals surface area contributed by atoms with Crippen LogP contribution in [0.4, 0.5) is 10.6 Å². The molecule has 9 heteroatoms. The molecule has 1 aliphatic heterocycles. The molecule has 1 aliphatic rings. The van der Waals surface area contributed by atoms with E-state index in [1.165, 1.54) is 7.11 Å². The molecular weight excluding hydrogens is 460 g/mol. The first-order valence-electron chi connectivity index (χ1n) is 10.1. The summed E-state index contributed by atoms with van der Waals surface area (Å²) >= 11 is 3.63. The molecule has 0 radical (unpaired) electrons. The van der Waals surface area contributed by atoms with Gasteiger partial charge in [-0.15, -0.1) is 0 Å².